The first kappa shape index (κ1) is 20.8. The molecule has 7 nitrogen and oxygen atoms in total. The fraction of sp³-hybridized carbons (Fsp3) is 0.556. The van der Waals surface area contributed by atoms with Crippen LogP contribution < -0.4 is 9.47 Å². The number of benzene rings is 1. The van der Waals surface area contributed by atoms with Crippen LogP contribution in [0.2, 0.25) is 0 Å². The van der Waals surface area contributed by atoms with Gasteiger partial charge in [0.25, 0.3) is 0 Å². The highest BCUT2D eigenvalue weighted by atomic mass is 16.5. The van der Waals surface area contributed by atoms with Crippen LogP contribution in [0.15, 0.2) is 18.2 Å². The summed E-state index contributed by atoms with van der Waals surface area (Å²) in [5.74, 6) is 0.177. The van der Waals surface area contributed by atoms with Crippen LogP contribution >= 0.6 is 0 Å². The van der Waals surface area contributed by atoms with E-state index >= 15 is 0 Å². The van der Waals surface area contributed by atoms with Gasteiger partial charge in [-0.25, -0.2) is 0 Å². The molecule has 0 aliphatic rings. The van der Waals surface area contributed by atoms with Gasteiger partial charge in [-0.2, -0.15) is 0 Å². The molecule has 1 atom stereocenters. The summed E-state index contributed by atoms with van der Waals surface area (Å²) in [6.07, 6.45) is 0.782. The standard InChI is InChI=1S/C18H28N2O5/c1-6-9-20(12-17(21)22)13(2)18(23)19(3)11-14-7-8-15(24-4)16(10-14)25-5/h7-8,10,13H,6,9,11-12H2,1-5H3,(H,21,22). The number of amides is 1. The second kappa shape index (κ2) is 9.88. The van der Waals surface area contributed by atoms with Gasteiger partial charge in [0.2, 0.25) is 5.91 Å². The van der Waals surface area contributed by atoms with Crippen LogP contribution in [0.4, 0.5) is 0 Å². The molecular weight excluding hydrogens is 324 g/mol. The minimum absolute atomic E-state index is 0.121. The molecule has 25 heavy (non-hydrogen) atoms. The number of hydrogen-bond donors (Lipinski definition) is 1. The number of carboxylic acid groups (broad SMARTS) is 1. The van der Waals surface area contributed by atoms with Crippen molar-refractivity contribution in [2.24, 2.45) is 0 Å². The van der Waals surface area contributed by atoms with Gasteiger partial charge >= 0.3 is 5.97 Å². The maximum atomic E-state index is 12.7. The first-order valence-corrected chi connectivity index (χ1v) is 8.25. The number of carbonyl (C=O) groups is 2. The first-order valence-electron chi connectivity index (χ1n) is 8.25. The fourth-order valence-electron chi connectivity index (χ4n) is 2.68. The average Bonchev–Trinajstić information content (AvgIpc) is 2.59. The molecule has 1 N–H and O–H groups in total. The van der Waals surface area contributed by atoms with E-state index in [4.69, 9.17) is 14.6 Å². The Bertz CT molecular complexity index is 591. The van der Waals surface area contributed by atoms with Gasteiger partial charge in [-0.1, -0.05) is 13.0 Å². The largest absolute Gasteiger partial charge is 0.493 e. The number of nitrogens with zero attached hydrogens (tertiary/aromatic N) is 2. The summed E-state index contributed by atoms with van der Waals surface area (Å²) < 4.78 is 10.5. The Hall–Kier alpha value is -2.28. The molecule has 0 saturated carbocycles. The number of aliphatic carboxylic acids is 1. The van der Waals surface area contributed by atoms with Crippen molar-refractivity contribution >= 4 is 11.9 Å². The highest BCUT2D eigenvalue weighted by molar-refractivity contribution is 5.82. The SMILES string of the molecule is CCCN(CC(=O)O)C(C)C(=O)N(C)Cc1ccc(OC)c(OC)c1. The van der Waals surface area contributed by atoms with Crippen molar-refractivity contribution in [2.75, 3.05) is 34.4 Å². The van der Waals surface area contributed by atoms with Crippen LogP contribution in [-0.2, 0) is 16.1 Å². The summed E-state index contributed by atoms with van der Waals surface area (Å²) in [7, 11) is 4.84. The molecular formula is C18H28N2O5. The van der Waals surface area contributed by atoms with E-state index in [-0.39, 0.29) is 12.5 Å². The van der Waals surface area contributed by atoms with E-state index in [2.05, 4.69) is 0 Å². The van der Waals surface area contributed by atoms with Crippen molar-refractivity contribution in [3.8, 4) is 11.5 Å². The lowest BCUT2D eigenvalue weighted by atomic mass is 10.1. The van der Waals surface area contributed by atoms with Crippen LogP contribution in [0.25, 0.3) is 0 Å². The van der Waals surface area contributed by atoms with E-state index in [0.717, 1.165) is 12.0 Å². The lowest BCUT2D eigenvalue weighted by molar-refractivity contribution is -0.142. The molecule has 1 aromatic rings. The van der Waals surface area contributed by atoms with Crippen LogP contribution in [0, 0.1) is 0 Å². The molecule has 0 aromatic heterocycles. The Morgan fingerprint density at radius 3 is 2.36 bits per heavy atom. The summed E-state index contributed by atoms with van der Waals surface area (Å²) in [4.78, 5) is 26.9. The van der Waals surface area contributed by atoms with E-state index in [0.29, 0.717) is 24.6 Å². The molecule has 7 heteroatoms. The maximum absolute atomic E-state index is 12.7. The molecule has 140 valence electrons. The minimum Gasteiger partial charge on any atom is -0.493 e. The summed E-state index contributed by atoms with van der Waals surface area (Å²) in [5, 5.41) is 9.03. The van der Waals surface area contributed by atoms with E-state index in [1.54, 1.807) is 44.1 Å². The molecule has 0 spiro atoms. The second-order valence-electron chi connectivity index (χ2n) is 5.92. The van der Waals surface area contributed by atoms with Crippen LogP contribution in [0.5, 0.6) is 11.5 Å². The molecule has 0 aliphatic heterocycles. The van der Waals surface area contributed by atoms with Gasteiger partial charge in [0.1, 0.15) is 0 Å². The van der Waals surface area contributed by atoms with Crippen molar-refractivity contribution in [2.45, 2.75) is 32.9 Å². The zero-order valence-corrected chi connectivity index (χ0v) is 15.6. The Labute approximate surface area is 149 Å². The summed E-state index contributed by atoms with van der Waals surface area (Å²) in [6.45, 7) is 4.51. The fourth-order valence-corrected chi connectivity index (χ4v) is 2.68. The Morgan fingerprint density at radius 1 is 1.20 bits per heavy atom. The molecule has 0 aliphatic carbocycles. The van der Waals surface area contributed by atoms with Crippen LogP contribution in [-0.4, -0.2) is 67.2 Å². The summed E-state index contributed by atoms with van der Waals surface area (Å²) in [5.41, 5.74) is 0.904. The van der Waals surface area contributed by atoms with E-state index in [1.165, 1.54) is 0 Å². The molecule has 1 amide bonds. The van der Waals surface area contributed by atoms with Gasteiger partial charge in [-0.15, -0.1) is 0 Å². The molecule has 0 heterocycles. The van der Waals surface area contributed by atoms with Crippen LogP contribution in [0.3, 0.4) is 0 Å². The third kappa shape index (κ3) is 5.94. The zero-order valence-electron chi connectivity index (χ0n) is 15.6. The van der Waals surface area contributed by atoms with Gasteiger partial charge in [0.05, 0.1) is 26.8 Å². The van der Waals surface area contributed by atoms with E-state index < -0.39 is 12.0 Å². The van der Waals surface area contributed by atoms with Crippen molar-refractivity contribution in [3.05, 3.63) is 23.8 Å². The third-order valence-corrected chi connectivity index (χ3v) is 4.00. The average molecular weight is 352 g/mol. The van der Waals surface area contributed by atoms with Gasteiger partial charge in [-0.3, -0.25) is 14.5 Å². The Balaban J connectivity index is 2.82. The monoisotopic (exact) mass is 352 g/mol. The van der Waals surface area contributed by atoms with Gasteiger partial charge in [-0.05, 0) is 37.6 Å². The normalized spacial score (nSPS) is 11.9. The van der Waals surface area contributed by atoms with Crippen molar-refractivity contribution in [1.29, 1.82) is 0 Å². The Kier molecular flexibility index (Phi) is 8.21. The molecule has 1 rings (SSSR count). The predicted octanol–water partition coefficient (Wildman–Crippen LogP) is 1.85. The van der Waals surface area contributed by atoms with E-state index in [9.17, 15) is 9.59 Å². The highest BCUT2D eigenvalue weighted by Crippen LogP contribution is 2.28. The minimum atomic E-state index is -0.935. The van der Waals surface area contributed by atoms with Crippen molar-refractivity contribution in [1.82, 2.24) is 9.80 Å². The topological polar surface area (TPSA) is 79.3 Å². The lowest BCUT2D eigenvalue weighted by Crippen LogP contribution is -2.47. The van der Waals surface area contributed by atoms with Gasteiger partial charge in [0, 0.05) is 13.6 Å². The number of carboxylic acids is 1. The zero-order chi connectivity index (χ0) is 19.0. The van der Waals surface area contributed by atoms with Gasteiger partial charge in [0.15, 0.2) is 11.5 Å². The number of methoxy groups -OCH3 is 2. The van der Waals surface area contributed by atoms with Crippen molar-refractivity contribution in [3.63, 3.8) is 0 Å². The number of ether oxygens (including phenoxy) is 2. The first-order chi connectivity index (χ1) is 11.8. The molecule has 0 fully saturated rings. The molecule has 1 unspecified atom stereocenters. The molecule has 0 bridgehead atoms. The number of rotatable bonds is 10. The summed E-state index contributed by atoms with van der Waals surface area (Å²) in [6, 6.07) is 5.00. The number of likely N-dealkylation sites (N-methyl/N-ethyl adjacent to an activating group) is 1. The Morgan fingerprint density at radius 2 is 1.84 bits per heavy atom. The lowest BCUT2D eigenvalue weighted by Gasteiger charge is -2.30. The summed E-state index contributed by atoms with van der Waals surface area (Å²) >= 11 is 0. The molecule has 0 saturated heterocycles. The second-order valence-corrected chi connectivity index (χ2v) is 5.92. The number of hydrogen-bond acceptors (Lipinski definition) is 5. The van der Waals surface area contributed by atoms with E-state index in [1.807, 2.05) is 19.1 Å². The number of carbonyl (C=O) groups excluding carboxylic acids is 1. The maximum Gasteiger partial charge on any atom is 0.317 e. The smallest absolute Gasteiger partial charge is 0.317 e. The van der Waals surface area contributed by atoms with Crippen LogP contribution in [0.1, 0.15) is 25.8 Å². The molecule has 1 aromatic carbocycles. The third-order valence-electron chi connectivity index (χ3n) is 4.00. The predicted molar refractivity (Wildman–Crippen MR) is 95.0 cm³/mol. The quantitative estimate of drug-likeness (QED) is 0.692. The highest BCUT2D eigenvalue weighted by Gasteiger charge is 2.25. The van der Waals surface area contributed by atoms with Crippen molar-refractivity contribution < 1.29 is 24.2 Å². The van der Waals surface area contributed by atoms with Gasteiger partial charge < -0.3 is 19.5 Å². The molecule has 0 radical (unpaired) electrons.